The lowest BCUT2D eigenvalue weighted by Crippen LogP contribution is -2.49. The van der Waals surface area contributed by atoms with Gasteiger partial charge in [0.1, 0.15) is 11.4 Å². The van der Waals surface area contributed by atoms with E-state index in [-0.39, 0.29) is 18.2 Å². The number of aliphatic hydroxyl groups is 1. The summed E-state index contributed by atoms with van der Waals surface area (Å²) in [7, 11) is 1.65. The second-order valence-corrected chi connectivity index (χ2v) is 7.53. The fourth-order valence-corrected chi connectivity index (χ4v) is 5.39. The average molecular weight is 329 g/mol. The largest absolute Gasteiger partial charge is 0.498 e. The van der Waals surface area contributed by atoms with Crippen LogP contribution in [0.3, 0.4) is 0 Å². The van der Waals surface area contributed by atoms with E-state index in [0.29, 0.717) is 5.76 Å². The molecule has 1 unspecified atom stereocenters. The molecule has 0 saturated carbocycles. The lowest BCUT2D eigenvalue weighted by Gasteiger charge is -2.41. The highest BCUT2D eigenvalue weighted by Gasteiger charge is 2.61. The molecule has 24 heavy (non-hydrogen) atoms. The third kappa shape index (κ3) is 1.67. The Morgan fingerprint density at radius 3 is 2.83 bits per heavy atom. The first kappa shape index (κ1) is 14.6. The molecule has 4 aliphatic rings. The normalized spacial score (nSPS) is 36.6. The molecule has 1 aromatic rings. The summed E-state index contributed by atoms with van der Waals surface area (Å²) in [6.45, 7) is 4.23. The summed E-state index contributed by atoms with van der Waals surface area (Å²) >= 11 is 0. The smallest absolute Gasteiger partial charge is 0.231 e. The van der Waals surface area contributed by atoms with E-state index in [1.807, 2.05) is 6.92 Å². The lowest BCUT2D eigenvalue weighted by atomic mass is 9.73. The van der Waals surface area contributed by atoms with Gasteiger partial charge in [-0.1, -0.05) is 0 Å². The van der Waals surface area contributed by atoms with Crippen molar-refractivity contribution in [3.05, 3.63) is 35.1 Å². The molecule has 3 atom stereocenters. The molecule has 1 saturated heterocycles. The van der Waals surface area contributed by atoms with Crippen LogP contribution in [-0.4, -0.2) is 48.1 Å². The highest BCUT2D eigenvalue weighted by atomic mass is 16.7. The topological polar surface area (TPSA) is 51.2 Å². The fraction of sp³-hybridized carbons (Fsp3) is 0.579. The third-order valence-corrected chi connectivity index (χ3v) is 6.35. The van der Waals surface area contributed by atoms with Crippen LogP contribution in [0.15, 0.2) is 24.0 Å². The van der Waals surface area contributed by atoms with Crippen LogP contribution < -0.4 is 9.47 Å². The average Bonchev–Trinajstić information content (AvgIpc) is 3.19. The maximum absolute atomic E-state index is 11.4. The molecule has 5 rings (SSSR count). The van der Waals surface area contributed by atoms with Gasteiger partial charge in [-0.05, 0) is 62.1 Å². The second-order valence-electron chi connectivity index (χ2n) is 7.53. The molecule has 1 spiro atoms. The van der Waals surface area contributed by atoms with Gasteiger partial charge in [0, 0.05) is 12.5 Å². The predicted molar refractivity (Wildman–Crippen MR) is 88.3 cm³/mol. The van der Waals surface area contributed by atoms with E-state index >= 15 is 0 Å². The van der Waals surface area contributed by atoms with Crippen LogP contribution in [0.2, 0.25) is 0 Å². The molecule has 1 aromatic carbocycles. The quantitative estimate of drug-likeness (QED) is 0.856. The molecule has 3 aliphatic heterocycles. The molecule has 128 valence electrons. The maximum Gasteiger partial charge on any atom is 0.231 e. The molecule has 3 heterocycles. The van der Waals surface area contributed by atoms with Gasteiger partial charge in [0.25, 0.3) is 0 Å². The molecular weight excluding hydrogens is 306 g/mol. The van der Waals surface area contributed by atoms with Gasteiger partial charge < -0.3 is 19.3 Å². The van der Waals surface area contributed by atoms with E-state index in [1.165, 1.54) is 11.1 Å². The predicted octanol–water partition coefficient (Wildman–Crippen LogP) is 2.18. The Labute approximate surface area is 141 Å². The van der Waals surface area contributed by atoms with E-state index in [0.717, 1.165) is 43.9 Å². The Bertz CT molecular complexity index is 741. The van der Waals surface area contributed by atoms with Crippen LogP contribution in [0.4, 0.5) is 0 Å². The molecule has 1 aliphatic carbocycles. The molecule has 0 amide bonds. The minimum absolute atomic E-state index is 0.0468. The van der Waals surface area contributed by atoms with Gasteiger partial charge >= 0.3 is 0 Å². The first-order chi connectivity index (χ1) is 11.6. The monoisotopic (exact) mass is 329 g/mol. The second kappa shape index (κ2) is 4.67. The minimum Gasteiger partial charge on any atom is -0.498 e. The number of fused-ring (bicyclic) bond motifs is 3. The molecular formula is C19H23NO4. The first-order valence-electron chi connectivity index (χ1n) is 8.73. The van der Waals surface area contributed by atoms with Gasteiger partial charge in [-0.3, -0.25) is 4.90 Å². The molecule has 1 fully saturated rings. The van der Waals surface area contributed by atoms with Crippen molar-refractivity contribution in [2.75, 3.05) is 27.0 Å². The van der Waals surface area contributed by atoms with Crippen molar-refractivity contribution in [2.45, 2.75) is 43.2 Å². The van der Waals surface area contributed by atoms with Crippen molar-refractivity contribution in [1.29, 1.82) is 0 Å². The molecule has 0 radical (unpaired) electrons. The van der Waals surface area contributed by atoms with Crippen LogP contribution in [0, 0.1) is 0 Å². The number of hydrogen-bond donors (Lipinski definition) is 1. The van der Waals surface area contributed by atoms with Crippen molar-refractivity contribution in [3.8, 4) is 11.5 Å². The highest BCUT2D eigenvalue weighted by Crippen LogP contribution is 2.58. The van der Waals surface area contributed by atoms with Gasteiger partial charge in [-0.2, -0.15) is 0 Å². The van der Waals surface area contributed by atoms with Crippen LogP contribution in [-0.2, 0) is 11.2 Å². The molecule has 0 bridgehead atoms. The maximum atomic E-state index is 11.4. The Kier molecular flexibility index (Phi) is 2.84. The number of nitrogens with zero attached hydrogens (tertiary/aromatic N) is 1. The van der Waals surface area contributed by atoms with Crippen LogP contribution in [0.1, 0.15) is 36.8 Å². The molecule has 5 heteroatoms. The summed E-state index contributed by atoms with van der Waals surface area (Å²) in [5, 5.41) is 11.4. The summed E-state index contributed by atoms with van der Waals surface area (Å²) in [6, 6.07) is 4.20. The van der Waals surface area contributed by atoms with Crippen LogP contribution in [0.25, 0.3) is 0 Å². The zero-order valence-electron chi connectivity index (χ0n) is 14.2. The van der Waals surface area contributed by atoms with Gasteiger partial charge in [-0.25, -0.2) is 0 Å². The van der Waals surface area contributed by atoms with Crippen molar-refractivity contribution in [1.82, 2.24) is 4.90 Å². The number of ether oxygens (including phenoxy) is 3. The molecule has 0 aromatic heterocycles. The van der Waals surface area contributed by atoms with E-state index in [4.69, 9.17) is 14.2 Å². The number of hydrogen-bond acceptors (Lipinski definition) is 5. The summed E-state index contributed by atoms with van der Waals surface area (Å²) in [5.74, 6) is 2.25. The Hall–Kier alpha value is -1.72. The van der Waals surface area contributed by atoms with E-state index in [2.05, 4.69) is 23.1 Å². The van der Waals surface area contributed by atoms with Crippen molar-refractivity contribution < 1.29 is 19.3 Å². The highest BCUT2D eigenvalue weighted by molar-refractivity contribution is 5.55. The lowest BCUT2D eigenvalue weighted by molar-refractivity contribution is -0.000488. The summed E-state index contributed by atoms with van der Waals surface area (Å²) in [6.07, 6.45) is 5.36. The Balaban J connectivity index is 1.74. The summed E-state index contributed by atoms with van der Waals surface area (Å²) in [4.78, 5) is 2.53. The van der Waals surface area contributed by atoms with E-state index < -0.39 is 5.60 Å². The van der Waals surface area contributed by atoms with E-state index in [1.54, 1.807) is 7.11 Å². The summed E-state index contributed by atoms with van der Waals surface area (Å²) in [5.41, 5.74) is 1.25. The first-order valence-corrected chi connectivity index (χ1v) is 8.73. The van der Waals surface area contributed by atoms with Gasteiger partial charge in [-0.15, -0.1) is 0 Å². The zero-order valence-corrected chi connectivity index (χ0v) is 14.2. The van der Waals surface area contributed by atoms with E-state index in [9.17, 15) is 5.11 Å². The third-order valence-electron chi connectivity index (χ3n) is 6.35. The van der Waals surface area contributed by atoms with Crippen molar-refractivity contribution >= 4 is 0 Å². The van der Waals surface area contributed by atoms with Crippen molar-refractivity contribution in [2.24, 2.45) is 0 Å². The molecule has 1 N–H and O–H groups in total. The Morgan fingerprint density at radius 1 is 1.25 bits per heavy atom. The van der Waals surface area contributed by atoms with Gasteiger partial charge in [0.05, 0.1) is 12.6 Å². The SMILES string of the molecule is COC1=CC23CCCN2CCc2cc4c(cc2[C@H]3[C@]1(C)O)OCO4. The zero-order chi connectivity index (χ0) is 16.5. The Morgan fingerprint density at radius 2 is 2.04 bits per heavy atom. The van der Waals surface area contributed by atoms with Crippen LogP contribution >= 0.6 is 0 Å². The number of rotatable bonds is 1. The standard InChI is InChI=1S/C19H23NO4/c1-18(21)16(22-2)10-19-5-3-6-20(19)7-4-12-8-14-15(24-11-23-14)9-13(12)17(18)19/h8-10,17,21H,3-7,11H2,1-2H3/t17-,18+,19?/m0/s1. The van der Waals surface area contributed by atoms with Gasteiger partial charge in [0.15, 0.2) is 11.5 Å². The minimum atomic E-state index is -1.02. The number of methoxy groups -OCH3 is 1. The summed E-state index contributed by atoms with van der Waals surface area (Å²) < 4.78 is 16.8. The van der Waals surface area contributed by atoms with Crippen LogP contribution in [0.5, 0.6) is 11.5 Å². The van der Waals surface area contributed by atoms with Crippen molar-refractivity contribution in [3.63, 3.8) is 0 Å². The number of benzene rings is 1. The van der Waals surface area contributed by atoms with Gasteiger partial charge in [0.2, 0.25) is 6.79 Å². The fourth-order valence-electron chi connectivity index (χ4n) is 5.39. The molecule has 5 nitrogen and oxygen atoms in total.